The van der Waals surface area contributed by atoms with Gasteiger partial charge < -0.3 is 0 Å². The van der Waals surface area contributed by atoms with Crippen LogP contribution in [0.2, 0.25) is 5.02 Å². The van der Waals surface area contributed by atoms with E-state index in [1.165, 1.54) is 0 Å². The number of nitro groups is 1. The van der Waals surface area contributed by atoms with E-state index in [1.54, 1.807) is 12.2 Å². The third-order valence-corrected chi connectivity index (χ3v) is 2.38. The molecule has 0 saturated heterocycles. The highest BCUT2D eigenvalue weighted by atomic mass is 35.5. The minimum atomic E-state index is -0.903. The second-order valence-corrected chi connectivity index (χ2v) is 3.75. The molecule has 1 aromatic rings. The van der Waals surface area contributed by atoms with Crippen LogP contribution in [0.5, 0.6) is 0 Å². The van der Waals surface area contributed by atoms with Gasteiger partial charge in [0.1, 0.15) is 0 Å². The number of allylic oxidation sites excluding steroid dienone is 1. The highest BCUT2D eigenvalue weighted by molar-refractivity contribution is 6.32. The van der Waals surface area contributed by atoms with Gasteiger partial charge in [0.25, 0.3) is 0 Å². The van der Waals surface area contributed by atoms with Gasteiger partial charge in [-0.15, -0.1) is 11.6 Å². The molecule has 0 spiro atoms. The zero-order valence-corrected chi connectivity index (χ0v) is 9.63. The van der Waals surface area contributed by atoms with E-state index in [-0.39, 0.29) is 5.02 Å². The van der Waals surface area contributed by atoms with Gasteiger partial charge >= 0.3 is 5.69 Å². The molecule has 0 aromatic heterocycles. The van der Waals surface area contributed by atoms with E-state index in [2.05, 4.69) is 0 Å². The van der Waals surface area contributed by atoms with Crippen LogP contribution in [0, 0.1) is 15.9 Å². The smallest absolute Gasteiger partial charge is 0.258 e. The quantitative estimate of drug-likeness (QED) is 0.468. The van der Waals surface area contributed by atoms with Crippen molar-refractivity contribution in [1.29, 1.82) is 0 Å². The Hall–Kier alpha value is -1.13. The highest BCUT2D eigenvalue weighted by Crippen LogP contribution is 2.26. The number of nitro benzene ring substituents is 1. The summed E-state index contributed by atoms with van der Waals surface area (Å²) in [5, 5.41) is 10.6. The van der Waals surface area contributed by atoms with Crippen molar-refractivity contribution in [2.24, 2.45) is 0 Å². The van der Waals surface area contributed by atoms with Gasteiger partial charge in [-0.25, -0.2) is 0 Å². The topological polar surface area (TPSA) is 43.1 Å². The first-order valence-corrected chi connectivity index (χ1v) is 5.33. The van der Waals surface area contributed by atoms with Crippen LogP contribution in [-0.4, -0.2) is 10.8 Å². The van der Waals surface area contributed by atoms with Gasteiger partial charge in [0.2, 0.25) is 5.82 Å². The molecule has 0 heterocycles. The monoisotopic (exact) mass is 263 g/mol. The fraction of sp³-hybridized carbons (Fsp3) is 0.200. The molecule has 0 N–H and O–H groups in total. The molecule has 0 fully saturated rings. The van der Waals surface area contributed by atoms with E-state index < -0.39 is 16.4 Å². The maximum absolute atomic E-state index is 13.2. The maximum atomic E-state index is 13.2. The molecule has 0 atom stereocenters. The summed E-state index contributed by atoms with van der Waals surface area (Å²) in [6, 6.07) is 2.03. The molecule has 0 aliphatic carbocycles. The lowest BCUT2D eigenvalue weighted by atomic mass is 10.1. The van der Waals surface area contributed by atoms with Crippen LogP contribution >= 0.6 is 23.2 Å². The van der Waals surface area contributed by atoms with Crippen LogP contribution in [-0.2, 0) is 0 Å². The Bertz CT molecular complexity index is 435. The number of hydrogen-bond donors (Lipinski definition) is 0. The summed E-state index contributed by atoms with van der Waals surface area (Å²) >= 11 is 11.2. The third kappa shape index (κ3) is 3.18. The van der Waals surface area contributed by atoms with Crippen LogP contribution < -0.4 is 0 Å². The van der Waals surface area contributed by atoms with Crippen molar-refractivity contribution in [3.05, 3.63) is 44.7 Å². The largest absolute Gasteiger partial charge is 0.306 e. The molecule has 0 unspecified atom stereocenters. The van der Waals surface area contributed by atoms with Crippen molar-refractivity contribution in [2.45, 2.75) is 6.42 Å². The number of halogens is 3. The molecular formula is C10H8Cl2FNO2. The summed E-state index contributed by atoms with van der Waals surface area (Å²) in [5.74, 6) is -0.455. The summed E-state index contributed by atoms with van der Waals surface area (Å²) in [6.07, 6.45) is 3.92. The Balaban J connectivity index is 3.05. The van der Waals surface area contributed by atoms with E-state index in [0.717, 1.165) is 12.1 Å². The van der Waals surface area contributed by atoms with Crippen LogP contribution in [0.25, 0.3) is 6.08 Å². The van der Waals surface area contributed by atoms with Crippen molar-refractivity contribution < 1.29 is 9.31 Å². The van der Waals surface area contributed by atoms with Crippen molar-refractivity contribution in [3.8, 4) is 0 Å². The molecule has 6 heteroatoms. The average Bonchev–Trinajstić information content (AvgIpc) is 2.22. The van der Waals surface area contributed by atoms with Crippen molar-refractivity contribution >= 4 is 35.0 Å². The summed E-state index contributed by atoms with van der Waals surface area (Å²) < 4.78 is 13.2. The summed E-state index contributed by atoms with van der Waals surface area (Å²) in [4.78, 5) is 9.61. The lowest BCUT2D eigenvalue weighted by molar-refractivity contribution is -0.387. The summed E-state index contributed by atoms with van der Waals surface area (Å²) in [7, 11) is 0. The van der Waals surface area contributed by atoms with Gasteiger partial charge in [-0.3, -0.25) is 10.1 Å². The molecule has 16 heavy (non-hydrogen) atoms. The van der Waals surface area contributed by atoms with Crippen molar-refractivity contribution in [1.82, 2.24) is 0 Å². The second-order valence-electron chi connectivity index (χ2n) is 2.96. The van der Waals surface area contributed by atoms with E-state index in [9.17, 15) is 14.5 Å². The molecule has 3 nitrogen and oxygen atoms in total. The fourth-order valence-electron chi connectivity index (χ4n) is 1.09. The van der Waals surface area contributed by atoms with Gasteiger partial charge in [-0.1, -0.05) is 23.8 Å². The fourth-order valence-corrected chi connectivity index (χ4v) is 1.44. The Morgan fingerprint density at radius 2 is 2.19 bits per heavy atom. The first-order chi connectivity index (χ1) is 7.56. The molecular weight excluding hydrogens is 256 g/mol. The number of alkyl halides is 1. The molecule has 0 saturated carbocycles. The summed E-state index contributed by atoms with van der Waals surface area (Å²) in [6.45, 7) is 0. The first kappa shape index (κ1) is 12.9. The highest BCUT2D eigenvalue weighted by Gasteiger charge is 2.16. The molecule has 0 radical (unpaired) electrons. The van der Waals surface area contributed by atoms with Crippen LogP contribution in [0.4, 0.5) is 10.1 Å². The van der Waals surface area contributed by atoms with E-state index in [0.29, 0.717) is 17.9 Å². The zero-order chi connectivity index (χ0) is 12.1. The molecule has 0 aliphatic rings. The Kier molecular flexibility index (Phi) is 4.71. The molecule has 1 aromatic carbocycles. The van der Waals surface area contributed by atoms with Gasteiger partial charge in [-0.05, 0) is 18.1 Å². The predicted molar refractivity (Wildman–Crippen MR) is 62.4 cm³/mol. The Morgan fingerprint density at radius 1 is 1.50 bits per heavy atom. The van der Waals surface area contributed by atoms with Gasteiger partial charge in [0.15, 0.2) is 0 Å². The molecule has 1 rings (SSSR count). The number of rotatable bonds is 4. The molecule has 0 amide bonds. The minimum absolute atomic E-state index is 0.138. The normalized spacial score (nSPS) is 10.9. The van der Waals surface area contributed by atoms with E-state index >= 15 is 0 Å². The first-order valence-electron chi connectivity index (χ1n) is 4.42. The van der Waals surface area contributed by atoms with E-state index in [1.807, 2.05) is 0 Å². The zero-order valence-electron chi connectivity index (χ0n) is 8.12. The Labute approximate surface area is 102 Å². The van der Waals surface area contributed by atoms with E-state index in [4.69, 9.17) is 23.2 Å². The molecule has 0 aliphatic heterocycles. The summed E-state index contributed by atoms with van der Waals surface area (Å²) in [5.41, 5.74) is -0.227. The van der Waals surface area contributed by atoms with Crippen LogP contribution in [0.1, 0.15) is 12.0 Å². The molecule has 0 bridgehead atoms. The third-order valence-electron chi connectivity index (χ3n) is 1.84. The SMILES string of the molecule is O=[N+]([O-])c1cc(Cl)c(C=CCCCl)cc1F. The lowest BCUT2D eigenvalue weighted by Gasteiger charge is -1.99. The predicted octanol–water partition coefficient (Wildman–Crippen LogP) is 4.03. The average molecular weight is 264 g/mol. The minimum Gasteiger partial charge on any atom is -0.258 e. The number of benzene rings is 1. The Morgan fingerprint density at radius 3 is 2.75 bits per heavy atom. The van der Waals surface area contributed by atoms with Gasteiger partial charge in [0, 0.05) is 11.9 Å². The standard InChI is InChI=1S/C10H8Cl2FNO2/c11-4-2-1-3-7-5-9(13)10(14(15)16)6-8(7)12/h1,3,5-6H,2,4H2. The number of hydrogen-bond acceptors (Lipinski definition) is 2. The lowest BCUT2D eigenvalue weighted by Crippen LogP contribution is -1.93. The van der Waals surface area contributed by atoms with Crippen molar-refractivity contribution in [3.63, 3.8) is 0 Å². The number of nitrogens with zero attached hydrogens (tertiary/aromatic N) is 1. The van der Waals surface area contributed by atoms with Crippen molar-refractivity contribution in [2.75, 3.05) is 5.88 Å². The van der Waals surface area contributed by atoms with Gasteiger partial charge in [0.05, 0.1) is 9.95 Å². The van der Waals surface area contributed by atoms with Crippen LogP contribution in [0.3, 0.4) is 0 Å². The maximum Gasteiger partial charge on any atom is 0.306 e. The van der Waals surface area contributed by atoms with Crippen LogP contribution in [0.15, 0.2) is 18.2 Å². The molecule has 86 valence electrons. The van der Waals surface area contributed by atoms with Gasteiger partial charge in [-0.2, -0.15) is 4.39 Å². The second kappa shape index (κ2) is 5.82.